The third kappa shape index (κ3) is 4.60. The zero-order valence-electron chi connectivity index (χ0n) is 12.2. The van der Waals surface area contributed by atoms with Crippen molar-refractivity contribution in [2.24, 2.45) is 5.92 Å². The Morgan fingerprint density at radius 3 is 2.33 bits per heavy atom. The number of rotatable bonds is 7. The number of aliphatic hydroxyl groups is 1. The molecular formula is C15H29NO2. The van der Waals surface area contributed by atoms with E-state index < -0.39 is 5.60 Å². The van der Waals surface area contributed by atoms with Crippen LogP contribution in [0.4, 0.5) is 0 Å². The number of hydrogen-bond donors (Lipinski definition) is 2. The lowest BCUT2D eigenvalue weighted by atomic mass is 9.89. The molecule has 106 valence electrons. The lowest BCUT2D eigenvalue weighted by molar-refractivity contribution is -0.127. The van der Waals surface area contributed by atoms with Crippen molar-refractivity contribution in [1.82, 2.24) is 5.32 Å². The van der Waals surface area contributed by atoms with E-state index in [1.165, 1.54) is 12.8 Å². The summed E-state index contributed by atoms with van der Waals surface area (Å²) in [6.45, 7) is 6.30. The minimum atomic E-state index is -0.796. The van der Waals surface area contributed by atoms with E-state index in [9.17, 15) is 9.90 Å². The SMILES string of the molecule is CCCC(O)(CCC)CC(=O)NC1CCCC1C. The van der Waals surface area contributed by atoms with Gasteiger partial charge in [0.2, 0.25) is 5.91 Å². The number of nitrogens with one attached hydrogen (secondary N) is 1. The van der Waals surface area contributed by atoms with Crippen molar-refractivity contribution in [3.8, 4) is 0 Å². The third-order valence-electron chi connectivity index (χ3n) is 4.13. The molecule has 0 aromatic heterocycles. The van der Waals surface area contributed by atoms with Gasteiger partial charge in [-0.05, 0) is 31.6 Å². The van der Waals surface area contributed by atoms with Gasteiger partial charge in [0, 0.05) is 6.04 Å². The molecule has 1 rings (SSSR count). The van der Waals surface area contributed by atoms with Gasteiger partial charge >= 0.3 is 0 Å². The van der Waals surface area contributed by atoms with E-state index in [2.05, 4.69) is 26.1 Å². The van der Waals surface area contributed by atoms with E-state index in [1.54, 1.807) is 0 Å². The molecule has 18 heavy (non-hydrogen) atoms. The molecule has 1 aliphatic rings. The molecule has 0 saturated heterocycles. The fourth-order valence-corrected chi connectivity index (χ4v) is 3.15. The monoisotopic (exact) mass is 255 g/mol. The van der Waals surface area contributed by atoms with Gasteiger partial charge in [0.1, 0.15) is 0 Å². The van der Waals surface area contributed by atoms with Crippen LogP contribution in [0.1, 0.15) is 72.1 Å². The van der Waals surface area contributed by atoms with Crippen molar-refractivity contribution in [3.05, 3.63) is 0 Å². The van der Waals surface area contributed by atoms with E-state index in [4.69, 9.17) is 0 Å². The van der Waals surface area contributed by atoms with Gasteiger partial charge in [-0.3, -0.25) is 4.79 Å². The standard InChI is InChI=1S/C15H29NO2/c1-4-9-15(18,10-5-2)11-14(17)16-13-8-6-7-12(13)3/h12-13,18H,4-11H2,1-3H3,(H,16,17). The van der Waals surface area contributed by atoms with Crippen LogP contribution >= 0.6 is 0 Å². The summed E-state index contributed by atoms with van der Waals surface area (Å²) in [5.41, 5.74) is -0.796. The van der Waals surface area contributed by atoms with Crippen molar-refractivity contribution in [2.45, 2.75) is 83.8 Å². The number of amides is 1. The first kappa shape index (κ1) is 15.5. The van der Waals surface area contributed by atoms with Crippen LogP contribution in [0.3, 0.4) is 0 Å². The van der Waals surface area contributed by atoms with Crippen molar-refractivity contribution in [2.75, 3.05) is 0 Å². The molecule has 1 aliphatic carbocycles. The maximum atomic E-state index is 12.0. The minimum absolute atomic E-state index is 0.0261. The second-order valence-corrected chi connectivity index (χ2v) is 5.98. The van der Waals surface area contributed by atoms with Crippen LogP contribution in [0, 0.1) is 5.92 Å². The molecule has 1 amide bonds. The molecule has 3 nitrogen and oxygen atoms in total. The summed E-state index contributed by atoms with van der Waals surface area (Å²) in [5.74, 6) is 0.609. The van der Waals surface area contributed by atoms with Crippen molar-refractivity contribution < 1.29 is 9.90 Å². The summed E-state index contributed by atoms with van der Waals surface area (Å²) in [4.78, 5) is 12.0. The zero-order valence-corrected chi connectivity index (χ0v) is 12.2. The molecule has 0 aromatic rings. The lowest BCUT2D eigenvalue weighted by Gasteiger charge is -2.28. The van der Waals surface area contributed by atoms with Gasteiger partial charge < -0.3 is 10.4 Å². The summed E-state index contributed by atoms with van der Waals surface area (Å²) in [5, 5.41) is 13.6. The van der Waals surface area contributed by atoms with Crippen LogP contribution in [0.25, 0.3) is 0 Å². The summed E-state index contributed by atoms with van der Waals surface area (Å²) in [6.07, 6.45) is 7.04. The molecule has 2 N–H and O–H groups in total. The topological polar surface area (TPSA) is 49.3 Å². The summed E-state index contributed by atoms with van der Waals surface area (Å²) >= 11 is 0. The van der Waals surface area contributed by atoms with Crippen LogP contribution in [0.2, 0.25) is 0 Å². The molecule has 0 aromatic carbocycles. The average molecular weight is 255 g/mol. The fourth-order valence-electron chi connectivity index (χ4n) is 3.15. The van der Waals surface area contributed by atoms with Gasteiger partial charge in [-0.25, -0.2) is 0 Å². The molecule has 0 aliphatic heterocycles. The van der Waals surface area contributed by atoms with Crippen LogP contribution in [-0.4, -0.2) is 22.7 Å². The van der Waals surface area contributed by atoms with Crippen LogP contribution < -0.4 is 5.32 Å². The minimum Gasteiger partial charge on any atom is -0.389 e. The maximum Gasteiger partial charge on any atom is 0.223 e. The van der Waals surface area contributed by atoms with E-state index in [-0.39, 0.29) is 12.3 Å². The van der Waals surface area contributed by atoms with E-state index in [0.717, 1.165) is 19.3 Å². The second kappa shape index (κ2) is 7.13. The highest BCUT2D eigenvalue weighted by atomic mass is 16.3. The number of carbonyl (C=O) groups excluding carboxylic acids is 1. The Labute approximate surface area is 111 Å². The van der Waals surface area contributed by atoms with Crippen molar-refractivity contribution in [1.29, 1.82) is 0 Å². The highest BCUT2D eigenvalue weighted by Gasteiger charge is 2.31. The summed E-state index contributed by atoms with van der Waals surface area (Å²) in [6, 6.07) is 0.324. The average Bonchev–Trinajstić information content (AvgIpc) is 2.64. The first-order valence-electron chi connectivity index (χ1n) is 7.52. The van der Waals surface area contributed by atoms with Gasteiger partial charge in [-0.2, -0.15) is 0 Å². The summed E-state index contributed by atoms with van der Waals surface area (Å²) < 4.78 is 0. The highest BCUT2D eigenvalue weighted by Crippen LogP contribution is 2.27. The Morgan fingerprint density at radius 1 is 1.28 bits per heavy atom. The maximum absolute atomic E-state index is 12.0. The Hall–Kier alpha value is -0.570. The van der Waals surface area contributed by atoms with E-state index in [0.29, 0.717) is 24.8 Å². The molecule has 2 atom stereocenters. The molecule has 2 unspecified atom stereocenters. The molecule has 1 saturated carbocycles. The van der Waals surface area contributed by atoms with Crippen molar-refractivity contribution in [3.63, 3.8) is 0 Å². The number of carbonyl (C=O) groups is 1. The Bertz CT molecular complexity index is 259. The fraction of sp³-hybridized carbons (Fsp3) is 0.933. The van der Waals surface area contributed by atoms with Gasteiger partial charge in [0.05, 0.1) is 12.0 Å². The highest BCUT2D eigenvalue weighted by molar-refractivity contribution is 5.77. The predicted molar refractivity (Wildman–Crippen MR) is 74.3 cm³/mol. The van der Waals surface area contributed by atoms with Gasteiger partial charge in [0.25, 0.3) is 0 Å². The molecular weight excluding hydrogens is 226 g/mol. The summed E-state index contributed by atoms with van der Waals surface area (Å²) in [7, 11) is 0. The molecule has 0 bridgehead atoms. The Kier molecular flexibility index (Phi) is 6.13. The van der Waals surface area contributed by atoms with E-state index in [1.807, 2.05) is 0 Å². The number of hydrogen-bond acceptors (Lipinski definition) is 2. The van der Waals surface area contributed by atoms with Gasteiger partial charge in [0.15, 0.2) is 0 Å². The zero-order chi connectivity index (χ0) is 13.6. The molecule has 0 spiro atoms. The van der Waals surface area contributed by atoms with Gasteiger partial charge in [-0.1, -0.05) is 40.0 Å². The largest absolute Gasteiger partial charge is 0.389 e. The normalized spacial score (nSPS) is 24.2. The van der Waals surface area contributed by atoms with Crippen LogP contribution in [0.15, 0.2) is 0 Å². The molecule has 3 heteroatoms. The Morgan fingerprint density at radius 2 is 1.89 bits per heavy atom. The molecule has 0 heterocycles. The lowest BCUT2D eigenvalue weighted by Crippen LogP contribution is -2.42. The second-order valence-electron chi connectivity index (χ2n) is 5.98. The first-order chi connectivity index (χ1) is 8.50. The quantitative estimate of drug-likeness (QED) is 0.734. The molecule has 1 fully saturated rings. The van der Waals surface area contributed by atoms with Crippen LogP contribution in [0.5, 0.6) is 0 Å². The smallest absolute Gasteiger partial charge is 0.223 e. The third-order valence-corrected chi connectivity index (χ3v) is 4.13. The van der Waals surface area contributed by atoms with Crippen molar-refractivity contribution >= 4 is 5.91 Å². The van der Waals surface area contributed by atoms with Crippen LogP contribution in [-0.2, 0) is 4.79 Å². The first-order valence-corrected chi connectivity index (χ1v) is 7.52. The predicted octanol–water partition coefficient (Wildman–Crippen LogP) is 3.01. The van der Waals surface area contributed by atoms with E-state index >= 15 is 0 Å². The Balaban J connectivity index is 2.45. The van der Waals surface area contributed by atoms with Gasteiger partial charge in [-0.15, -0.1) is 0 Å². The molecule has 0 radical (unpaired) electrons.